The Hall–Kier alpha value is -2.82. The molecule has 0 saturated carbocycles. The highest BCUT2D eigenvalue weighted by Crippen LogP contribution is 2.20. The molecule has 0 aliphatic carbocycles. The van der Waals surface area contributed by atoms with Crippen LogP contribution >= 0.6 is 11.6 Å². The Morgan fingerprint density at radius 3 is 2.36 bits per heavy atom. The van der Waals surface area contributed by atoms with Crippen LogP contribution in [0.1, 0.15) is 30.1 Å². The molecule has 0 radical (unpaired) electrons. The number of ether oxygens (including phenoxy) is 1. The van der Waals surface area contributed by atoms with Gasteiger partial charge in [-0.2, -0.15) is 0 Å². The Balaban J connectivity index is 1.82. The minimum atomic E-state index is -0.391. The van der Waals surface area contributed by atoms with Gasteiger partial charge in [-0.3, -0.25) is 4.79 Å². The highest BCUT2D eigenvalue weighted by atomic mass is 35.5. The van der Waals surface area contributed by atoms with Gasteiger partial charge in [-0.1, -0.05) is 60.1 Å². The summed E-state index contributed by atoms with van der Waals surface area (Å²) in [6.45, 7) is 2.08. The van der Waals surface area contributed by atoms with Crippen LogP contribution in [-0.2, 0) is 4.79 Å². The standard InChI is InChI=1S/C23H23ClN2O2/c1-16(17-11-13-19(24)14-12-17)25-22(18-7-4-3-5-8-18)23(27)26-20-9-6-10-21(15-20)28-2/h3-16,22,25H,1-2H3,(H,26,27)/p+1/t16-,22+/m0/s1. The van der Waals surface area contributed by atoms with E-state index in [-0.39, 0.29) is 11.9 Å². The number of halogens is 1. The van der Waals surface area contributed by atoms with Gasteiger partial charge < -0.3 is 15.4 Å². The fourth-order valence-electron chi connectivity index (χ4n) is 3.10. The number of amides is 1. The van der Waals surface area contributed by atoms with Crippen LogP contribution < -0.4 is 15.4 Å². The molecular formula is C23H24ClN2O2+. The lowest BCUT2D eigenvalue weighted by Gasteiger charge is -2.20. The van der Waals surface area contributed by atoms with E-state index in [2.05, 4.69) is 17.6 Å². The normalized spacial score (nSPS) is 12.8. The molecule has 3 N–H and O–H groups in total. The highest BCUT2D eigenvalue weighted by Gasteiger charge is 2.27. The van der Waals surface area contributed by atoms with Gasteiger partial charge in [-0.15, -0.1) is 0 Å². The Kier molecular flexibility index (Phi) is 6.69. The topological polar surface area (TPSA) is 54.9 Å². The monoisotopic (exact) mass is 395 g/mol. The maximum atomic E-state index is 13.1. The summed E-state index contributed by atoms with van der Waals surface area (Å²) in [5.74, 6) is 0.618. The molecule has 0 spiro atoms. The van der Waals surface area contributed by atoms with Gasteiger partial charge in [-0.25, -0.2) is 0 Å². The number of nitrogens with one attached hydrogen (secondary N) is 1. The fraction of sp³-hybridized carbons (Fsp3) is 0.174. The average molecular weight is 396 g/mol. The number of methoxy groups -OCH3 is 1. The second-order valence-electron chi connectivity index (χ2n) is 6.64. The zero-order chi connectivity index (χ0) is 19.9. The molecule has 3 aromatic carbocycles. The SMILES string of the molecule is COc1cccc(NC(=O)[C@H]([NH2+][C@@H](C)c2ccc(Cl)cc2)c2ccccc2)c1. The van der Waals surface area contributed by atoms with E-state index >= 15 is 0 Å². The van der Waals surface area contributed by atoms with E-state index in [1.807, 2.05) is 78.9 Å². The molecule has 2 atom stereocenters. The lowest BCUT2D eigenvalue weighted by atomic mass is 10.0. The third-order valence-electron chi connectivity index (χ3n) is 4.66. The first-order valence-corrected chi connectivity index (χ1v) is 9.55. The van der Waals surface area contributed by atoms with E-state index in [9.17, 15) is 4.79 Å². The molecule has 0 aromatic heterocycles. The molecule has 1 amide bonds. The van der Waals surface area contributed by atoms with E-state index in [1.54, 1.807) is 7.11 Å². The van der Waals surface area contributed by atoms with Crippen LogP contribution in [0.15, 0.2) is 78.9 Å². The van der Waals surface area contributed by atoms with Gasteiger partial charge in [-0.05, 0) is 31.2 Å². The van der Waals surface area contributed by atoms with Gasteiger partial charge in [0.1, 0.15) is 11.8 Å². The molecule has 28 heavy (non-hydrogen) atoms. The second kappa shape index (κ2) is 9.40. The molecule has 0 bridgehead atoms. The van der Waals surface area contributed by atoms with Gasteiger partial charge in [0, 0.05) is 27.9 Å². The third-order valence-corrected chi connectivity index (χ3v) is 4.91. The van der Waals surface area contributed by atoms with Crippen molar-refractivity contribution in [2.45, 2.75) is 19.0 Å². The number of quaternary nitrogens is 1. The van der Waals surface area contributed by atoms with Crippen molar-refractivity contribution in [2.75, 3.05) is 12.4 Å². The molecule has 3 aromatic rings. The average Bonchev–Trinajstić information content (AvgIpc) is 2.73. The van der Waals surface area contributed by atoms with Crippen LogP contribution in [0, 0.1) is 0 Å². The number of rotatable bonds is 7. The summed E-state index contributed by atoms with van der Waals surface area (Å²) in [6.07, 6.45) is 0. The number of anilines is 1. The number of carbonyl (C=O) groups is 1. The van der Waals surface area contributed by atoms with Crippen LogP contribution in [0.3, 0.4) is 0 Å². The number of hydrogen-bond donors (Lipinski definition) is 2. The first-order chi connectivity index (χ1) is 13.6. The molecule has 4 nitrogen and oxygen atoms in total. The Morgan fingerprint density at radius 2 is 1.68 bits per heavy atom. The largest absolute Gasteiger partial charge is 0.497 e. The molecule has 144 valence electrons. The zero-order valence-electron chi connectivity index (χ0n) is 15.9. The van der Waals surface area contributed by atoms with Crippen molar-refractivity contribution in [1.82, 2.24) is 0 Å². The lowest BCUT2D eigenvalue weighted by Crippen LogP contribution is -2.87. The van der Waals surface area contributed by atoms with Crippen molar-refractivity contribution in [3.63, 3.8) is 0 Å². The number of carbonyl (C=O) groups excluding carboxylic acids is 1. The van der Waals surface area contributed by atoms with Gasteiger partial charge in [0.2, 0.25) is 0 Å². The molecule has 0 fully saturated rings. The maximum Gasteiger partial charge on any atom is 0.287 e. The van der Waals surface area contributed by atoms with E-state index < -0.39 is 6.04 Å². The molecule has 0 aliphatic heterocycles. The Morgan fingerprint density at radius 1 is 0.964 bits per heavy atom. The summed E-state index contributed by atoms with van der Waals surface area (Å²) < 4.78 is 5.24. The van der Waals surface area contributed by atoms with Crippen molar-refractivity contribution >= 4 is 23.2 Å². The minimum absolute atomic E-state index is 0.0820. The van der Waals surface area contributed by atoms with Crippen LogP contribution in [-0.4, -0.2) is 13.0 Å². The van der Waals surface area contributed by atoms with E-state index in [4.69, 9.17) is 16.3 Å². The summed E-state index contributed by atoms with van der Waals surface area (Å²) >= 11 is 6.00. The molecule has 0 saturated heterocycles. The third kappa shape index (κ3) is 5.12. The number of benzene rings is 3. The van der Waals surface area contributed by atoms with Crippen LogP contribution in [0.25, 0.3) is 0 Å². The second-order valence-corrected chi connectivity index (χ2v) is 7.08. The first-order valence-electron chi connectivity index (χ1n) is 9.17. The van der Waals surface area contributed by atoms with Crippen molar-refractivity contribution < 1.29 is 14.8 Å². The Bertz CT molecular complexity index is 913. The van der Waals surface area contributed by atoms with Crippen molar-refractivity contribution in [1.29, 1.82) is 0 Å². The molecular weight excluding hydrogens is 372 g/mol. The van der Waals surface area contributed by atoms with Gasteiger partial charge in [0.25, 0.3) is 5.91 Å². The predicted molar refractivity (Wildman–Crippen MR) is 113 cm³/mol. The van der Waals surface area contributed by atoms with Gasteiger partial charge >= 0.3 is 0 Å². The van der Waals surface area contributed by atoms with E-state index in [1.165, 1.54) is 0 Å². The van der Waals surface area contributed by atoms with Gasteiger partial charge in [0.05, 0.1) is 7.11 Å². The molecule has 0 unspecified atom stereocenters. The quantitative estimate of drug-likeness (QED) is 0.624. The van der Waals surface area contributed by atoms with Crippen molar-refractivity contribution in [3.05, 3.63) is 95.0 Å². The summed E-state index contributed by atoms with van der Waals surface area (Å²) in [5, 5.41) is 5.77. The van der Waals surface area contributed by atoms with Crippen LogP contribution in [0.2, 0.25) is 5.02 Å². The lowest BCUT2D eigenvalue weighted by molar-refractivity contribution is -0.718. The summed E-state index contributed by atoms with van der Waals surface area (Å²) in [6, 6.07) is 24.6. The fourth-order valence-corrected chi connectivity index (χ4v) is 3.22. The van der Waals surface area contributed by atoms with E-state index in [0.29, 0.717) is 16.5 Å². The molecule has 0 aliphatic rings. The summed E-state index contributed by atoms with van der Waals surface area (Å²) in [4.78, 5) is 13.1. The first kappa shape index (κ1) is 19.9. The van der Waals surface area contributed by atoms with Gasteiger partial charge in [0.15, 0.2) is 6.04 Å². The Labute approximate surface area is 170 Å². The maximum absolute atomic E-state index is 13.1. The zero-order valence-corrected chi connectivity index (χ0v) is 16.7. The number of nitrogens with two attached hydrogens (primary N) is 1. The minimum Gasteiger partial charge on any atom is -0.497 e. The molecule has 0 heterocycles. The van der Waals surface area contributed by atoms with Crippen molar-refractivity contribution in [2.24, 2.45) is 0 Å². The summed E-state index contributed by atoms with van der Waals surface area (Å²) in [7, 11) is 1.61. The van der Waals surface area contributed by atoms with Crippen molar-refractivity contribution in [3.8, 4) is 5.75 Å². The molecule has 5 heteroatoms. The molecule has 3 rings (SSSR count). The highest BCUT2D eigenvalue weighted by molar-refractivity contribution is 6.30. The number of hydrogen-bond acceptors (Lipinski definition) is 2. The van der Waals surface area contributed by atoms with Crippen LogP contribution in [0.4, 0.5) is 5.69 Å². The summed E-state index contributed by atoms with van der Waals surface area (Å²) in [5.41, 5.74) is 2.76. The van der Waals surface area contributed by atoms with Crippen LogP contribution in [0.5, 0.6) is 5.75 Å². The van der Waals surface area contributed by atoms with E-state index in [0.717, 1.165) is 11.1 Å². The smallest absolute Gasteiger partial charge is 0.287 e. The predicted octanol–water partition coefficient (Wildman–Crippen LogP) is 4.35.